The molecule has 139 heavy (non-hydrogen) atoms. The van der Waals surface area contributed by atoms with Crippen molar-refractivity contribution in [3.63, 3.8) is 0 Å². The molecule has 0 unspecified atom stereocenters. The first kappa shape index (κ1) is 112. The molecule has 6 bridgehead atoms. The summed E-state index contributed by atoms with van der Waals surface area (Å²) in [5, 5.41) is 8.32. The van der Waals surface area contributed by atoms with Gasteiger partial charge in [0, 0.05) is 103 Å². The molecule has 9 aliphatic rings. The number of fused-ring (bicyclic) bond motifs is 15. The molecule has 6 amide bonds. The van der Waals surface area contributed by atoms with Gasteiger partial charge >= 0.3 is 37.0 Å². The molecule has 759 valence electrons. The second-order valence-corrected chi connectivity index (χ2v) is 40.5. The molecule has 6 aliphatic heterocycles. The van der Waals surface area contributed by atoms with Gasteiger partial charge in [-0.3, -0.25) is 14.4 Å². The molecule has 0 spiro atoms. The van der Waals surface area contributed by atoms with E-state index in [1.807, 2.05) is 18.9 Å². The molecular weight excluding hydrogens is 1970 g/mol. The average Bonchev–Trinajstić information content (AvgIpc) is 1.59. The fourth-order valence-corrected chi connectivity index (χ4v) is 19.0. The van der Waals surface area contributed by atoms with Gasteiger partial charge in [0.25, 0.3) is 17.8 Å². The van der Waals surface area contributed by atoms with Gasteiger partial charge in [-0.15, -0.1) is 13.2 Å². The Morgan fingerprint density at radius 2 is 0.777 bits per heavy atom. The Bertz CT molecular complexity index is 5490. The second-order valence-electron chi connectivity index (χ2n) is 40.5. The van der Waals surface area contributed by atoms with E-state index in [4.69, 9.17) is 28.4 Å². The Morgan fingerprint density at radius 1 is 0.439 bits per heavy atom. The van der Waals surface area contributed by atoms with Gasteiger partial charge in [-0.2, -0.15) is 26.3 Å². The fraction of sp³-hybridized carbons (Fsp3) is 0.625. The average molecular weight is 2080 g/mol. The van der Waals surface area contributed by atoms with E-state index in [0.29, 0.717) is 57.8 Å². The largest absolute Gasteiger partial charge is 0.573 e. The number of halogens is 15. The van der Waals surface area contributed by atoms with Gasteiger partial charge in [0.15, 0.2) is 0 Å². The number of aromatic nitrogens is 3. The molecule has 15 rings (SSSR count). The number of hydrogen-bond acceptors (Lipinski definition) is 19. The van der Waals surface area contributed by atoms with Crippen LogP contribution < -0.4 is 34.9 Å². The zero-order valence-corrected chi connectivity index (χ0v) is 82.8. The predicted octanol–water partition coefficient (Wildman–Crippen LogP) is 19.5. The van der Waals surface area contributed by atoms with Crippen LogP contribution in [0.25, 0.3) is 32.7 Å². The van der Waals surface area contributed by atoms with Gasteiger partial charge in [-0.1, -0.05) is 145 Å². The van der Waals surface area contributed by atoms with Crippen LogP contribution in [0.3, 0.4) is 0 Å². The van der Waals surface area contributed by atoms with E-state index >= 15 is 26.3 Å². The number of nitrogens with zero attached hydrogens (tertiary/aromatic N) is 6. The van der Waals surface area contributed by atoms with Crippen LogP contribution in [0.15, 0.2) is 72.8 Å². The number of ether oxygens (including phenoxy) is 7. The van der Waals surface area contributed by atoms with Crippen LogP contribution in [0.2, 0.25) is 0 Å². The summed E-state index contributed by atoms with van der Waals surface area (Å²) in [6, 6.07) is 5.16. The van der Waals surface area contributed by atoms with E-state index in [9.17, 15) is 82.7 Å². The van der Waals surface area contributed by atoms with E-state index in [1.54, 1.807) is 90.0 Å². The number of rotatable bonds is 6. The van der Waals surface area contributed by atoms with Gasteiger partial charge in [-0.05, 0) is 165 Å². The molecule has 3 aromatic carbocycles. The number of carbonyl (C=O) groups excluding carboxylic acids is 9. The maximum atomic E-state index is 16.0. The number of carbonyl (C=O) groups is 6. The molecule has 3 N–H and O–H groups in total. The van der Waals surface area contributed by atoms with E-state index in [2.05, 4.69) is 35.6 Å². The zero-order valence-electron chi connectivity index (χ0n) is 78.6. The van der Waals surface area contributed by atoms with Crippen LogP contribution in [-0.2, 0) is 129 Å². The first-order valence-electron chi connectivity index (χ1n) is 45.8. The van der Waals surface area contributed by atoms with Crippen molar-refractivity contribution in [3.8, 4) is 23.4 Å². The van der Waals surface area contributed by atoms with E-state index in [0.717, 1.165) is 66.7 Å². The topological polar surface area (TPSA) is 303 Å². The molecule has 25 nitrogen and oxygen atoms in total. The Morgan fingerprint density at radius 3 is 1.13 bits per heavy atom. The van der Waals surface area contributed by atoms with E-state index in [-0.39, 0.29) is 170 Å². The molecule has 9 heterocycles. The van der Waals surface area contributed by atoms with Crippen LogP contribution in [0.4, 0.5) is 80.2 Å². The first-order chi connectivity index (χ1) is 63.4. The number of alkyl carbamates (subject to hydrolysis) is 3. The van der Waals surface area contributed by atoms with Gasteiger partial charge < -0.3 is 78.2 Å². The SMILES string of the molecule is CC[C@@H]1[C@@H]2CN(C(=O)[C@H](C(C)(C)C)NC(=O)O[C@@H]3C[C@H]3CCCCC(F)(F)c3cc4ccc(C(F)(F)F)cc4nc3O2)[C@@H]1[C-]=O.CC[C@@H]1[C@@H]2CN(C(=O)[C@H](C(C)(C)C)NC(=O)O[C@]3(C)C[C@H]3CCCCC(F)(F)c3cc4ccc(OC(F)(F)F)cc4nc3O2)[C@@H]1[C-]=O.C[C@@H]1[C@@H]2CN(C(=O)[C@H](C(C)(C)C)NC(=O)O[C@@H]3C[C@H]3CCCCC(F)(F)c3cc4ccc(C(F)(F)F)cc4nc3O2)[C@@H]1[C-]=O.[V].[V].[V]. The Labute approximate surface area is 829 Å². The summed E-state index contributed by atoms with van der Waals surface area (Å²) < 4.78 is 254. The Kier molecular flexibility index (Phi) is 34.6. The van der Waals surface area contributed by atoms with Crippen molar-refractivity contribution >= 4 is 87.6 Å². The van der Waals surface area contributed by atoms with E-state index in [1.165, 1.54) is 20.8 Å². The molecule has 3 aromatic heterocycles. The van der Waals surface area contributed by atoms with Gasteiger partial charge in [0.1, 0.15) is 60.0 Å². The minimum Gasteiger partial charge on any atom is -0.540 e. The van der Waals surface area contributed by atoms with Crippen molar-refractivity contribution in [2.45, 2.75) is 308 Å². The molecule has 3 saturated heterocycles. The predicted molar refractivity (Wildman–Crippen MR) is 461 cm³/mol. The normalized spacial score (nSPS) is 29.2. The number of amides is 6. The smallest absolute Gasteiger partial charge is 0.540 e. The van der Waals surface area contributed by atoms with E-state index < -0.39 is 237 Å². The van der Waals surface area contributed by atoms with Crippen molar-refractivity contribution in [2.75, 3.05) is 19.6 Å². The summed E-state index contributed by atoms with van der Waals surface area (Å²) >= 11 is 0. The van der Waals surface area contributed by atoms with Crippen LogP contribution in [-0.4, -0.2) is 183 Å². The van der Waals surface area contributed by atoms with Gasteiger partial charge in [0.05, 0.1) is 64.0 Å². The molecule has 43 heteroatoms. The minimum absolute atomic E-state index is 0. The van der Waals surface area contributed by atoms with Crippen molar-refractivity contribution < 1.29 is 198 Å². The summed E-state index contributed by atoms with van der Waals surface area (Å²) in [7, 11) is 0. The Balaban J connectivity index is 0.000000213. The van der Waals surface area contributed by atoms with Crippen molar-refractivity contribution in [3.05, 3.63) is 101 Å². The number of nitrogens with one attached hydrogen (secondary N) is 3. The third kappa shape index (κ3) is 26.0. The van der Waals surface area contributed by atoms with Crippen molar-refractivity contribution in [1.82, 2.24) is 45.6 Å². The molecule has 6 aromatic rings. The molecule has 3 radical (unpaired) electrons. The monoisotopic (exact) mass is 2080 g/mol. The molecule has 18 atom stereocenters. The maximum absolute atomic E-state index is 16.0. The van der Waals surface area contributed by atoms with Crippen LogP contribution in [0.1, 0.15) is 227 Å². The first-order valence-corrected chi connectivity index (χ1v) is 45.8. The number of hydrogen-bond donors (Lipinski definition) is 3. The second kappa shape index (κ2) is 42.9. The van der Waals surface area contributed by atoms with Crippen molar-refractivity contribution in [2.24, 2.45) is 51.8 Å². The summed E-state index contributed by atoms with van der Waals surface area (Å²) in [6.07, 6.45) is -11.0. The summed E-state index contributed by atoms with van der Waals surface area (Å²) in [5.41, 5.74) is -7.39. The molecule has 3 aliphatic carbocycles. The molecule has 3 saturated carbocycles. The van der Waals surface area contributed by atoms with Crippen LogP contribution in [0.5, 0.6) is 23.4 Å². The maximum Gasteiger partial charge on any atom is 0.573 e. The standard InChI is InChI=1S/C33H39F5N3O6.C32H37F5N3O5.C31H35F5N3O5.3V/c1-6-21-24(17-42)41-16-25(21)45-27-22(13-18-10-11-20(14-23(18)39-27)46-33(36,37)38)32(34,35)12-8-7-9-19-15-31(19,5)47-29(44)40-26(28(41)43)30(2,3)4;1-5-20-23(16-41)40-15-25(20)44-27-21(12-17-9-10-19(32(35,36)37)14-22(17)38-27)31(33,34)11-7-6-8-18-13-24(18)45-29(43)39-26(28(40)42)30(2,3)4;1-16-22(15-40)39-14-24(16)43-26-20(11-17-8-9-19(31(34,35)36)13-21(17)37-26)30(32,33)10-6-5-7-18-12-23(18)44-28(42)38-25(27(39)41)29(2,3)4;;;/h10-11,13-14,19,21,24-26H,6-9,12,15-16H2,1-5H3,(H,40,44);9-10,12,14,18,20,23-26H,5-8,11,13,15H2,1-4H3,(H,39,43);8-9,11,13,16,18,22-25H,5-7,10,12,14H2,1-4H3,(H,38,42);;;/q3*-1;;;/t19-,21+,24-,25+,26-,31-;18-,20+,23-,24-,25+,26-;16-,18+,22+,23+,24-,25+;;;/m110.../s1. The number of pyridine rings is 3. The summed E-state index contributed by atoms with van der Waals surface area (Å²) in [4.78, 5) is 133. The van der Waals surface area contributed by atoms with Gasteiger partial charge in [-0.25, -0.2) is 74.5 Å². The van der Waals surface area contributed by atoms with Crippen molar-refractivity contribution in [1.29, 1.82) is 0 Å². The number of benzene rings is 3. The summed E-state index contributed by atoms with van der Waals surface area (Å²) in [6.45, 7) is 21.8. The van der Waals surface area contributed by atoms with Crippen LogP contribution in [0, 0.1) is 51.8 Å². The number of alkyl halides is 15. The molecular formula is C96H111F15N9O16V3-3. The summed E-state index contributed by atoms with van der Waals surface area (Å²) in [5.74, 6) is -16.5. The van der Waals surface area contributed by atoms with Crippen LogP contribution >= 0.6 is 0 Å². The Hall–Kier alpha value is -8.98. The zero-order chi connectivity index (χ0) is 99.6. The third-order valence-corrected chi connectivity index (χ3v) is 27.3. The third-order valence-electron chi connectivity index (χ3n) is 27.3. The van der Waals surface area contributed by atoms with Gasteiger partial charge in [0.2, 0.25) is 35.4 Å². The molecule has 6 fully saturated rings. The minimum atomic E-state index is -4.98. The fourth-order valence-electron chi connectivity index (χ4n) is 19.0. The quantitative estimate of drug-likeness (QED) is 0.0793.